The maximum absolute atomic E-state index is 12.6. The Morgan fingerprint density at radius 2 is 1.41 bits per heavy atom. The van der Waals surface area contributed by atoms with Crippen molar-refractivity contribution >= 4 is 33.5 Å². The lowest BCUT2D eigenvalue weighted by Gasteiger charge is -2.12. The molecule has 0 bridgehead atoms. The van der Waals surface area contributed by atoms with Crippen molar-refractivity contribution in [2.45, 2.75) is 6.54 Å². The van der Waals surface area contributed by atoms with Gasteiger partial charge in [0.1, 0.15) is 16.4 Å². The van der Waals surface area contributed by atoms with Crippen LogP contribution in [0.1, 0.15) is 47.0 Å². The maximum Gasteiger partial charge on any atom is 0.353 e. The van der Waals surface area contributed by atoms with Crippen molar-refractivity contribution in [2.75, 3.05) is 18.6 Å². The fraction of sp³-hybridized carbons (Fsp3) is 0.200. The van der Waals surface area contributed by atoms with Crippen LogP contribution in [0.5, 0.6) is 0 Å². The highest BCUT2D eigenvalue weighted by atomic mass is 32.2. The summed E-state index contributed by atoms with van der Waals surface area (Å²) in [5.41, 5.74) is 1.62. The molecule has 4 rings (SSSR count). The maximum atomic E-state index is 12.6. The van der Waals surface area contributed by atoms with Gasteiger partial charge in [0.2, 0.25) is 0 Å². The number of nitrogens with zero attached hydrogens (tertiary/aromatic N) is 1. The molecule has 4 amide bonds. The molecule has 1 N–H and O–H groups in total. The smallest absolute Gasteiger partial charge is 0.273 e. The first-order chi connectivity index (χ1) is 13.7. The lowest BCUT2D eigenvalue weighted by Crippen LogP contribution is -3.13. The van der Waals surface area contributed by atoms with E-state index in [9.17, 15) is 27.6 Å². The number of nitrogens with one attached hydrogen (secondary N) is 1. The minimum absolute atomic E-state index is 0.0461. The van der Waals surface area contributed by atoms with Gasteiger partial charge in [-0.15, -0.1) is 0 Å². The van der Waals surface area contributed by atoms with Crippen LogP contribution in [0.25, 0.3) is 0 Å². The minimum atomic E-state index is -3.33. The Bertz CT molecular complexity index is 1170. The van der Waals surface area contributed by atoms with E-state index in [0.29, 0.717) is 16.7 Å². The van der Waals surface area contributed by atoms with E-state index in [2.05, 4.69) is 0 Å². The number of carbonyl (C=O) groups is 4. The lowest BCUT2D eigenvalue weighted by molar-refractivity contribution is -0.735. The van der Waals surface area contributed by atoms with Gasteiger partial charge in [-0.2, -0.15) is 4.90 Å². The molecule has 148 valence electrons. The molecule has 29 heavy (non-hydrogen) atoms. The number of carbonyl (C=O) groups excluding carboxylic acids is 4. The molecule has 0 saturated carbocycles. The van der Waals surface area contributed by atoms with E-state index in [1.54, 1.807) is 30.3 Å². The number of hydrogen-bond acceptors (Lipinski definition) is 6. The van der Waals surface area contributed by atoms with Gasteiger partial charge in [-0.3, -0.25) is 14.5 Å². The number of quaternary nitrogens is 1. The lowest BCUT2D eigenvalue weighted by atomic mass is 10.1. The quantitative estimate of drug-likeness (QED) is 0.675. The summed E-state index contributed by atoms with van der Waals surface area (Å²) < 4.78 is 22.7. The Hall–Kier alpha value is -3.17. The van der Waals surface area contributed by atoms with Crippen LogP contribution in [0.4, 0.5) is 0 Å². The summed E-state index contributed by atoms with van der Waals surface area (Å²) in [4.78, 5) is 51.1. The van der Waals surface area contributed by atoms with E-state index in [1.807, 2.05) is 0 Å². The molecule has 2 aliphatic rings. The predicted molar refractivity (Wildman–Crippen MR) is 101 cm³/mol. The van der Waals surface area contributed by atoms with Crippen molar-refractivity contribution in [3.63, 3.8) is 0 Å². The largest absolute Gasteiger partial charge is 0.353 e. The predicted octanol–water partition coefficient (Wildman–Crippen LogP) is -0.294. The zero-order valence-electron chi connectivity index (χ0n) is 15.5. The Balaban J connectivity index is 1.58. The molecule has 0 radical (unpaired) electrons. The van der Waals surface area contributed by atoms with Gasteiger partial charge in [-0.25, -0.2) is 18.0 Å². The number of rotatable bonds is 5. The van der Waals surface area contributed by atoms with Gasteiger partial charge in [0.05, 0.1) is 28.0 Å². The van der Waals surface area contributed by atoms with Crippen molar-refractivity contribution in [1.29, 1.82) is 0 Å². The number of imide groups is 2. The fourth-order valence-corrected chi connectivity index (χ4v) is 4.09. The second kappa shape index (κ2) is 6.71. The van der Waals surface area contributed by atoms with Crippen molar-refractivity contribution in [2.24, 2.45) is 0 Å². The van der Waals surface area contributed by atoms with Crippen LogP contribution in [0.3, 0.4) is 0 Å². The van der Waals surface area contributed by atoms with E-state index in [1.165, 1.54) is 12.1 Å². The minimum Gasteiger partial charge on any atom is -0.273 e. The van der Waals surface area contributed by atoms with Crippen LogP contribution in [-0.4, -0.2) is 55.5 Å². The third kappa shape index (κ3) is 3.28. The van der Waals surface area contributed by atoms with E-state index in [-0.39, 0.29) is 46.7 Å². The average molecular weight is 413 g/mol. The normalized spacial score (nSPS) is 16.5. The first kappa shape index (κ1) is 19.2. The summed E-state index contributed by atoms with van der Waals surface area (Å²) in [7, 11) is -3.33. The molecule has 8 nitrogen and oxygen atoms in total. The summed E-state index contributed by atoms with van der Waals surface area (Å²) in [6.45, 7) is -0.172. The van der Waals surface area contributed by atoms with Crippen molar-refractivity contribution in [1.82, 2.24) is 4.90 Å². The van der Waals surface area contributed by atoms with E-state index < -0.39 is 21.7 Å². The summed E-state index contributed by atoms with van der Waals surface area (Å²) in [6.07, 6.45) is 1.04. The highest BCUT2D eigenvalue weighted by molar-refractivity contribution is 7.90. The van der Waals surface area contributed by atoms with Crippen LogP contribution >= 0.6 is 0 Å². The van der Waals surface area contributed by atoms with Gasteiger partial charge in [0, 0.05) is 18.4 Å². The van der Waals surface area contributed by atoms with Crippen LogP contribution < -0.4 is 4.90 Å². The van der Waals surface area contributed by atoms with Gasteiger partial charge in [-0.1, -0.05) is 18.2 Å². The molecule has 0 spiro atoms. The summed E-state index contributed by atoms with van der Waals surface area (Å²) >= 11 is 0. The first-order valence-electron chi connectivity index (χ1n) is 8.88. The van der Waals surface area contributed by atoms with Gasteiger partial charge in [-0.05, 0) is 24.3 Å². The van der Waals surface area contributed by atoms with Gasteiger partial charge >= 0.3 is 11.8 Å². The summed E-state index contributed by atoms with van der Waals surface area (Å²) in [5.74, 6) is -2.10. The molecular formula is C20H17N2O6S+. The van der Waals surface area contributed by atoms with Crippen molar-refractivity contribution < 1.29 is 32.5 Å². The van der Waals surface area contributed by atoms with Gasteiger partial charge in [0.25, 0.3) is 11.8 Å². The van der Waals surface area contributed by atoms with E-state index >= 15 is 0 Å². The summed E-state index contributed by atoms with van der Waals surface area (Å²) in [6, 6.07) is 11.2. The molecule has 2 aromatic rings. The monoisotopic (exact) mass is 413 g/mol. The van der Waals surface area contributed by atoms with E-state index in [4.69, 9.17) is 0 Å². The average Bonchev–Trinajstić information content (AvgIpc) is 3.06. The van der Waals surface area contributed by atoms with Crippen LogP contribution in [-0.2, 0) is 16.4 Å². The molecule has 0 fully saturated rings. The Morgan fingerprint density at radius 1 is 0.828 bits per heavy atom. The van der Waals surface area contributed by atoms with Crippen LogP contribution in [0, 0.1) is 0 Å². The number of hydrogen-bond donors (Lipinski definition) is 1. The molecule has 2 aromatic carbocycles. The third-order valence-electron chi connectivity index (χ3n) is 5.07. The molecule has 0 atom stereocenters. The molecular weight excluding hydrogens is 396 g/mol. The molecule has 0 saturated heterocycles. The molecule has 0 aliphatic carbocycles. The Morgan fingerprint density at radius 3 is 2.00 bits per heavy atom. The van der Waals surface area contributed by atoms with Crippen LogP contribution in [0.2, 0.25) is 0 Å². The fourth-order valence-electron chi connectivity index (χ4n) is 3.58. The SMILES string of the molecule is CS(=O)(=O)CCN1C(=O)c2ccc(C[NH+]3C(=O)c4ccccc4C3=O)cc2C1=O. The zero-order valence-corrected chi connectivity index (χ0v) is 16.3. The third-order valence-corrected chi connectivity index (χ3v) is 5.99. The number of fused-ring (bicyclic) bond motifs is 2. The number of benzene rings is 2. The molecule has 9 heteroatoms. The van der Waals surface area contributed by atoms with E-state index in [0.717, 1.165) is 11.2 Å². The van der Waals surface area contributed by atoms with Crippen LogP contribution in [0.15, 0.2) is 42.5 Å². The number of amides is 4. The van der Waals surface area contributed by atoms with Gasteiger partial charge < -0.3 is 0 Å². The Labute approximate surface area is 166 Å². The Kier molecular flexibility index (Phi) is 4.44. The standard InChI is InChI=1S/C20H16N2O6S/c1-29(27,28)9-8-21-17(23)15-7-6-12(10-16(15)20(21)26)11-22-18(24)13-4-2-3-5-14(13)19(22)25/h2-7,10H,8-9,11H2,1H3/p+1. The summed E-state index contributed by atoms with van der Waals surface area (Å²) in [5, 5.41) is 0. The highest BCUT2D eigenvalue weighted by Crippen LogP contribution is 2.24. The molecule has 2 heterocycles. The number of sulfone groups is 1. The van der Waals surface area contributed by atoms with Crippen molar-refractivity contribution in [3.05, 3.63) is 70.3 Å². The molecule has 0 unspecified atom stereocenters. The van der Waals surface area contributed by atoms with Crippen molar-refractivity contribution in [3.8, 4) is 0 Å². The zero-order chi connectivity index (χ0) is 20.9. The molecule has 0 aromatic heterocycles. The second-order valence-corrected chi connectivity index (χ2v) is 9.39. The first-order valence-corrected chi connectivity index (χ1v) is 10.9. The second-order valence-electron chi connectivity index (χ2n) is 7.13. The van der Waals surface area contributed by atoms with Gasteiger partial charge in [0.15, 0.2) is 0 Å². The topological polar surface area (TPSA) is 110 Å². The molecule has 2 aliphatic heterocycles. The highest BCUT2D eigenvalue weighted by Gasteiger charge is 2.42.